The van der Waals surface area contributed by atoms with Gasteiger partial charge in [0.1, 0.15) is 5.82 Å². The molecule has 0 aliphatic heterocycles. The lowest BCUT2D eigenvalue weighted by Crippen LogP contribution is -2.21. The summed E-state index contributed by atoms with van der Waals surface area (Å²) < 4.78 is 29.1. The van der Waals surface area contributed by atoms with E-state index < -0.39 is 6.10 Å². The van der Waals surface area contributed by atoms with Gasteiger partial charge in [-0.2, -0.15) is 0 Å². The minimum atomic E-state index is -0.789. The van der Waals surface area contributed by atoms with Gasteiger partial charge in [-0.05, 0) is 35.4 Å². The third-order valence-corrected chi connectivity index (χ3v) is 3.62. The molecular weight excluding hydrogens is 313 g/mol. The Hall–Kier alpha value is -2.31. The van der Waals surface area contributed by atoms with Crippen molar-refractivity contribution < 1.29 is 23.7 Å². The van der Waals surface area contributed by atoms with Crippen LogP contribution in [0.1, 0.15) is 17.2 Å². The quantitative estimate of drug-likeness (QED) is 0.777. The van der Waals surface area contributed by atoms with E-state index in [9.17, 15) is 9.50 Å². The number of methoxy groups -OCH3 is 3. The van der Waals surface area contributed by atoms with Crippen LogP contribution < -0.4 is 19.5 Å². The lowest BCUT2D eigenvalue weighted by molar-refractivity contribution is 0.174. The predicted molar refractivity (Wildman–Crippen MR) is 89.2 cm³/mol. The third kappa shape index (κ3) is 4.37. The van der Waals surface area contributed by atoms with Crippen LogP contribution in [0.25, 0.3) is 0 Å². The number of ether oxygens (including phenoxy) is 3. The average Bonchev–Trinajstić information content (AvgIpc) is 2.60. The van der Waals surface area contributed by atoms with Gasteiger partial charge in [-0.15, -0.1) is 0 Å². The lowest BCUT2D eigenvalue weighted by Gasteiger charge is -2.15. The second kappa shape index (κ2) is 8.52. The molecule has 5 nitrogen and oxygen atoms in total. The van der Waals surface area contributed by atoms with E-state index in [1.165, 1.54) is 12.1 Å². The zero-order valence-corrected chi connectivity index (χ0v) is 14.0. The van der Waals surface area contributed by atoms with Crippen LogP contribution in [-0.2, 0) is 6.54 Å². The fourth-order valence-corrected chi connectivity index (χ4v) is 2.42. The molecule has 0 aliphatic rings. The Labute approximate surface area is 141 Å². The molecule has 1 unspecified atom stereocenters. The zero-order chi connectivity index (χ0) is 17.5. The molecule has 0 fully saturated rings. The first kappa shape index (κ1) is 18.0. The van der Waals surface area contributed by atoms with Gasteiger partial charge in [0.25, 0.3) is 0 Å². The number of hydrogen-bond acceptors (Lipinski definition) is 5. The topological polar surface area (TPSA) is 60.0 Å². The predicted octanol–water partition coefficient (Wildman–Crippen LogP) is 2.67. The molecule has 0 saturated carbocycles. The SMILES string of the molecule is COc1cc(CNCC(O)c2cccc(F)c2)cc(OC)c1OC. The smallest absolute Gasteiger partial charge is 0.203 e. The Morgan fingerprint density at radius 3 is 2.25 bits per heavy atom. The average molecular weight is 335 g/mol. The van der Waals surface area contributed by atoms with Gasteiger partial charge in [0.05, 0.1) is 27.4 Å². The van der Waals surface area contributed by atoms with Crippen molar-refractivity contribution in [3.05, 3.63) is 53.3 Å². The molecule has 2 aromatic rings. The van der Waals surface area contributed by atoms with Gasteiger partial charge in [-0.1, -0.05) is 12.1 Å². The van der Waals surface area contributed by atoms with Crippen LogP contribution in [0.3, 0.4) is 0 Å². The highest BCUT2D eigenvalue weighted by Gasteiger charge is 2.13. The molecule has 2 rings (SSSR count). The molecule has 0 aliphatic carbocycles. The number of rotatable bonds is 8. The van der Waals surface area contributed by atoms with E-state index in [0.717, 1.165) is 5.56 Å². The molecule has 24 heavy (non-hydrogen) atoms. The summed E-state index contributed by atoms with van der Waals surface area (Å²) in [6.07, 6.45) is -0.789. The second-order valence-electron chi connectivity index (χ2n) is 5.24. The van der Waals surface area contributed by atoms with Crippen LogP contribution in [0.4, 0.5) is 4.39 Å². The van der Waals surface area contributed by atoms with E-state index in [-0.39, 0.29) is 5.82 Å². The van der Waals surface area contributed by atoms with Gasteiger partial charge in [-0.25, -0.2) is 4.39 Å². The van der Waals surface area contributed by atoms with Gasteiger partial charge in [0.15, 0.2) is 11.5 Å². The standard InChI is InChI=1S/C18H22FNO4/c1-22-16-7-12(8-17(23-2)18(16)24-3)10-20-11-15(21)13-5-4-6-14(19)9-13/h4-9,15,20-21H,10-11H2,1-3H3. The van der Waals surface area contributed by atoms with Crippen molar-refractivity contribution in [2.45, 2.75) is 12.6 Å². The summed E-state index contributed by atoms with van der Waals surface area (Å²) in [6, 6.07) is 9.61. The van der Waals surface area contributed by atoms with E-state index in [4.69, 9.17) is 14.2 Å². The Morgan fingerprint density at radius 2 is 1.71 bits per heavy atom. The summed E-state index contributed by atoms with van der Waals surface area (Å²) in [5, 5.41) is 13.2. The summed E-state index contributed by atoms with van der Waals surface area (Å²) >= 11 is 0. The highest BCUT2D eigenvalue weighted by molar-refractivity contribution is 5.53. The van der Waals surface area contributed by atoms with E-state index >= 15 is 0 Å². The minimum absolute atomic E-state index is 0.292. The lowest BCUT2D eigenvalue weighted by atomic mass is 10.1. The molecule has 2 N–H and O–H groups in total. The van der Waals surface area contributed by atoms with Crippen molar-refractivity contribution in [3.63, 3.8) is 0 Å². The Balaban J connectivity index is 2.01. The Bertz CT molecular complexity index is 653. The number of aliphatic hydroxyl groups excluding tert-OH is 1. The summed E-state index contributed by atoms with van der Waals surface area (Å²) in [4.78, 5) is 0. The van der Waals surface area contributed by atoms with Crippen LogP contribution in [0.15, 0.2) is 36.4 Å². The summed E-state index contributed by atoms with van der Waals surface area (Å²) in [5.41, 5.74) is 1.45. The molecule has 0 bridgehead atoms. The molecule has 0 radical (unpaired) electrons. The largest absolute Gasteiger partial charge is 0.493 e. The maximum atomic E-state index is 13.2. The Kier molecular flexibility index (Phi) is 6.40. The first-order chi connectivity index (χ1) is 11.6. The molecule has 6 heteroatoms. The molecular formula is C18H22FNO4. The summed E-state index contributed by atoms with van der Waals surface area (Å²) in [5.74, 6) is 1.30. The van der Waals surface area contributed by atoms with Gasteiger partial charge in [0.2, 0.25) is 5.75 Å². The molecule has 2 aromatic carbocycles. The van der Waals surface area contributed by atoms with Crippen LogP contribution in [0, 0.1) is 5.82 Å². The third-order valence-electron chi connectivity index (χ3n) is 3.62. The van der Waals surface area contributed by atoms with E-state index in [1.807, 2.05) is 12.1 Å². The van der Waals surface area contributed by atoms with Crippen molar-refractivity contribution in [2.24, 2.45) is 0 Å². The van der Waals surface area contributed by atoms with E-state index in [2.05, 4.69) is 5.32 Å². The van der Waals surface area contributed by atoms with Gasteiger partial charge >= 0.3 is 0 Å². The molecule has 130 valence electrons. The minimum Gasteiger partial charge on any atom is -0.493 e. The van der Waals surface area contributed by atoms with Crippen molar-refractivity contribution >= 4 is 0 Å². The monoisotopic (exact) mass is 335 g/mol. The highest BCUT2D eigenvalue weighted by Crippen LogP contribution is 2.38. The number of benzene rings is 2. The molecule has 0 saturated heterocycles. The highest BCUT2D eigenvalue weighted by atomic mass is 19.1. The fraction of sp³-hybridized carbons (Fsp3) is 0.333. The Morgan fingerprint density at radius 1 is 1.04 bits per heavy atom. The number of nitrogens with one attached hydrogen (secondary N) is 1. The van der Waals surface area contributed by atoms with E-state index in [1.54, 1.807) is 33.5 Å². The molecule has 0 aromatic heterocycles. The first-order valence-corrected chi connectivity index (χ1v) is 7.52. The number of hydrogen-bond donors (Lipinski definition) is 2. The maximum absolute atomic E-state index is 13.2. The van der Waals surface area contributed by atoms with Crippen molar-refractivity contribution in [1.82, 2.24) is 5.32 Å². The first-order valence-electron chi connectivity index (χ1n) is 7.52. The second-order valence-corrected chi connectivity index (χ2v) is 5.24. The molecule has 1 atom stereocenters. The van der Waals surface area contributed by atoms with Gasteiger partial charge in [-0.3, -0.25) is 0 Å². The zero-order valence-electron chi connectivity index (χ0n) is 14.0. The normalized spacial score (nSPS) is 11.9. The number of halogens is 1. The van der Waals surface area contributed by atoms with E-state index in [0.29, 0.717) is 35.9 Å². The maximum Gasteiger partial charge on any atom is 0.203 e. The molecule has 0 spiro atoms. The van der Waals surface area contributed by atoms with Crippen LogP contribution >= 0.6 is 0 Å². The fourth-order valence-electron chi connectivity index (χ4n) is 2.42. The van der Waals surface area contributed by atoms with Gasteiger partial charge < -0.3 is 24.6 Å². The van der Waals surface area contributed by atoms with Crippen LogP contribution in [-0.4, -0.2) is 33.0 Å². The number of aliphatic hydroxyl groups is 1. The van der Waals surface area contributed by atoms with Crippen molar-refractivity contribution in [2.75, 3.05) is 27.9 Å². The van der Waals surface area contributed by atoms with Crippen molar-refractivity contribution in [3.8, 4) is 17.2 Å². The summed E-state index contributed by atoms with van der Waals surface area (Å²) in [6.45, 7) is 0.781. The van der Waals surface area contributed by atoms with Crippen molar-refractivity contribution in [1.29, 1.82) is 0 Å². The summed E-state index contributed by atoms with van der Waals surface area (Å²) in [7, 11) is 4.66. The van der Waals surface area contributed by atoms with Crippen LogP contribution in [0.5, 0.6) is 17.2 Å². The molecule has 0 heterocycles. The van der Waals surface area contributed by atoms with Crippen LogP contribution in [0.2, 0.25) is 0 Å². The molecule has 0 amide bonds. The van der Waals surface area contributed by atoms with Gasteiger partial charge in [0, 0.05) is 13.1 Å².